The second kappa shape index (κ2) is 7.39. The highest BCUT2D eigenvalue weighted by Gasteiger charge is 2.15. The van der Waals surface area contributed by atoms with Crippen LogP contribution in [0.2, 0.25) is 0 Å². The van der Waals surface area contributed by atoms with Crippen molar-refractivity contribution in [2.24, 2.45) is 0 Å². The normalized spacial score (nSPS) is 13.1. The van der Waals surface area contributed by atoms with Crippen LogP contribution in [-0.2, 0) is 12.8 Å². The van der Waals surface area contributed by atoms with Crippen LogP contribution in [-0.4, -0.2) is 26.6 Å². The molecule has 0 unspecified atom stereocenters. The van der Waals surface area contributed by atoms with Gasteiger partial charge in [-0.1, -0.05) is 6.07 Å². The van der Waals surface area contributed by atoms with Crippen LogP contribution in [0.15, 0.2) is 36.4 Å². The smallest absolute Gasteiger partial charge is 0.203 e. The Balaban J connectivity index is 1.69. The topological polar surface area (TPSA) is 44.8 Å². The minimum absolute atomic E-state index is 0.0124. The first kappa shape index (κ1) is 16.4. The van der Waals surface area contributed by atoms with E-state index < -0.39 is 0 Å². The van der Waals surface area contributed by atoms with Crippen LogP contribution in [0.4, 0.5) is 0 Å². The van der Waals surface area contributed by atoms with Crippen LogP contribution in [0.3, 0.4) is 0 Å². The molecule has 0 spiro atoms. The predicted octanol–water partition coefficient (Wildman–Crippen LogP) is 3.84. The van der Waals surface area contributed by atoms with Crippen molar-refractivity contribution in [2.75, 3.05) is 20.8 Å². The van der Waals surface area contributed by atoms with Gasteiger partial charge in [-0.15, -0.1) is 0 Å². The van der Waals surface area contributed by atoms with E-state index in [0.29, 0.717) is 17.1 Å². The number of ketones is 1. The summed E-state index contributed by atoms with van der Waals surface area (Å²) in [7, 11) is 3.12. The lowest BCUT2D eigenvalue weighted by Gasteiger charge is -2.17. The Kier molecular flexibility index (Phi) is 5.04. The Morgan fingerprint density at radius 1 is 0.917 bits per heavy atom. The van der Waals surface area contributed by atoms with Crippen LogP contribution < -0.4 is 14.2 Å². The highest BCUT2D eigenvalue weighted by Crippen LogP contribution is 2.27. The molecule has 126 valence electrons. The van der Waals surface area contributed by atoms with E-state index in [1.54, 1.807) is 25.3 Å². The quantitative estimate of drug-likeness (QED) is 0.757. The van der Waals surface area contributed by atoms with Gasteiger partial charge in [0.25, 0.3) is 0 Å². The van der Waals surface area contributed by atoms with Gasteiger partial charge in [0.15, 0.2) is 6.61 Å². The molecule has 0 amide bonds. The van der Waals surface area contributed by atoms with E-state index in [0.717, 1.165) is 18.6 Å². The zero-order valence-electron chi connectivity index (χ0n) is 14.1. The number of rotatable bonds is 6. The highest BCUT2D eigenvalue weighted by atomic mass is 16.5. The van der Waals surface area contributed by atoms with Crippen molar-refractivity contribution >= 4 is 5.78 Å². The lowest BCUT2D eigenvalue weighted by molar-refractivity contribution is 0.0918. The molecule has 0 N–H and O–H groups in total. The monoisotopic (exact) mass is 326 g/mol. The number of methoxy groups -OCH3 is 2. The maximum absolute atomic E-state index is 12.4. The van der Waals surface area contributed by atoms with Gasteiger partial charge < -0.3 is 14.2 Å². The first-order valence-corrected chi connectivity index (χ1v) is 8.21. The number of Topliss-reactive ketones (excluding diaryl/α,β-unsaturated/α-hetero) is 1. The number of hydrogen-bond donors (Lipinski definition) is 0. The van der Waals surface area contributed by atoms with Crippen LogP contribution >= 0.6 is 0 Å². The van der Waals surface area contributed by atoms with Gasteiger partial charge in [-0.2, -0.15) is 0 Å². The van der Waals surface area contributed by atoms with Crippen molar-refractivity contribution < 1.29 is 19.0 Å². The van der Waals surface area contributed by atoms with Crippen molar-refractivity contribution in [3.05, 3.63) is 53.1 Å². The molecule has 24 heavy (non-hydrogen) atoms. The summed E-state index contributed by atoms with van der Waals surface area (Å²) in [6.45, 7) is -0.0124. The zero-order chi connectivity index (χ0) is 16.9. The summed E-state index contributed by atoms with van der Waals surface area (Å²) in [5, 5.41) is 0. The van der Waals surface area contributed by atoms with E-state index in [9.17, 15) is 4.79 Å². The molecule has 3 rings (SSSR count). The van der Waals surface area contributed by atoms with E-state index in [-0.39, 0.29) is 12.4 Å². The lowest BCUT2D eigenvalue weighted by atomic mass is 9.92. The molecule has 2 aromatic carbocycles. The predicted molar refractivity (Wildman–Crippen MR) is 92.5 cm³/mol. The van der Waals surface area contributed by atoms with Gasteiger partial charge in [-0.3, -0.25) is 4.79 Å². The number of carbonyl (C=O) groups is 1. The van der Waals surface area contributed by atoms with Crippen molar-refractivity contribution in [2.45, 2.75) is 25.7 Å². The molecule has 2 aromatic rings. The number of carbonyl (C=O) groups excluding carboxylic acids is 1. The molecule has 1 aliphatic carbocycles. The molecule has 0 radical (unpaired) electrons. The van der Waals surface area contributed by atoms with Crippen LogP contribution in [0.1, 0.15) is 34.3 Å². The van der Waals surface area contributed by atoms with Crippen molar-refractivity contribution in [3.8, 4) is 17.2 Å². The Hall–Kier alpha value is -2.49. The maximum atomic E-state index is 12.4. The van der Waals surface area contributed by atoms with E-state index in [1.807, 2.05) is 6.07 Å². The molecule has 0 saturated carbocycles. The van der Waals surface area contributed by atoms with Gasteiger partial charge in [0.05, 0.1) is 19.8 Å². The standard InChI is InChI=1S/C20H22O4/c1-22-16-9-10-18(20(12-16)23-2)19(21)13-24-17-8-7-14-5-3-4-6-15(14)11-17/h7-12H,3-6,13H2,1-2H3. The first-order valence-electron chi connectivity index (χ1n) is 8.21. The summed E-state index contributed by atoms with van der Waals surface area (Å²) in [4.78, 5) is 12.4. The summed E-state index contributed by atoms with van der Waals surface area (Å²) in [6.07, 6.45) is 4.70. The number of fused-ring (bicyclic) bond motifs is 1. The third-order valence-corrected chi connectivity index (χ3v) is 4.40. The molecule has 0 bridgehead atoms. The van der Waals surface area contributed by atoms with E-state index in [2.05, 4.69) is 12.1 Å². The highest BCUT2D eigenvalue weighted by molar-refractivity contribution is 6.00. The molecule has 0 aliphatic heterocycles. The number of aryl methyl sites for hydroxylation is 2. The molecule has 0 saturated heterocycles. The van der Waals surface area contributed by atoms with Gasteiger partial charge in [0, 0.05) is 6.07 Å². The fourth-order valence-corrected chi connectivity index (χ4v) is 3.06. The van der Waals surface area contributed by atoms with Crippen molar-refractivity contribution in [1.82, 2.24) is 0 Å². The number of hydrogen-bond acceptors (Lipinski definition) is 4. The van der Waals surface area contributed by atoms with Crippen LogP contribution in [0.5, 0.6) is 17.2 Å². The maximum Gasteiger partial charge on any atom is 0.203 e. The van der Waals surface area contributed by atoms with Crippen molar-refractivity contribution in [1.29, 1.82) is 0 Å². The fourth-order valence-electron chi connectivity index (χ4n) is 3.06. The Labute approximate surface area is 142 Å². The molecule has 1 aliphatic rings. The Bertz CT molecular complexity index is 736. The van der Waals surface area contributed by atoms with E-state index in [4.69, 9.17) is 14.2 Å². The summed E-state index contributed by atoms with van der Waals surface area (Å²) in [5.74, 6) is 1.77. The summed E-state index contributed by atoms with van der Waals surface area (Å²) in [5.41, 5.74) is 3.24. The van der Waals surface area contributed by atoms with Gasteiger partial charge in [0.1, 0.15) is 17.2 Å². The van der Waals surface area contributed by atoms with Crippen LogP contribution in [0, 0.1) is 0 Å². The number of ether oxygens (including phenoxy) is 3. The first-order chi connectivity index (χ1) is 11.7. The molecule has 0 heterocycles. The lowest BCUT2D eigenvalue weighted by Crippen LogP contribution is -2.13. The third kappa shape index (κ3) is 3.53. The number of benzene rings is 2. The molecule has 4 nitrogen and oxygen atoms in total. The van der Waals surface area contributed by atoms with Gasteiger partial charge in [-0.05, 0) is 61.1 Å². The molecule has 4 heteroatoms. The van der Waals surface area contributed by atoms with Crippen LogP contribution in [0.25, 0.3) is 0 Å². The Morgan fingerprint density at radius 3 is 2.42 bits per heavy atom. The zero-order valence-corrected chi connectivity index (χ0v) is 14.1. The minimum Gasteiger partial charge on any atom is -0.497 e. The minimum atomic E-state index is -0.118. The van der Waals surface area contributed by atoms with E-state index >= 15 is 0 Å². The van der Waals surface area contributed by atoms with Crippen molar-refractivity contribution in [3.63, 3.8) is 0 Å². The third-order valence-electron chi connectivity index (χ3n) is 4.40. The SMILES string of the molecule is COc1ccc(C(=O)COc2ccc3c(c2)CCCC3)c(OC)c1. The van der Waals surface area contributed by atoms with Gasteiger partial charge in [0.2, 0.25) is 5.78 Å². The second-order valence-electron chi connectivity index (χ2n) is 5.92. The summed E-state index contributed by atoms with van der Waals surface area (Å²) >= 11 is 0. The largest absolute Gasteiger partial charge is 0.497 e. The molecule has 0 aromatic heterocycles. The molecule has 0 atom stereocenters. The Morgan fingerprint density at radius 2 is 1.67 bits per heavy atom. The average molecular weight is 326 g/mol. The van der Waals surface area contributed by atoms with E-state index in [1.165, 1.54) is 31.1 Å². The average Bonchev–Trinajstić information content (AvgIpc) is 2.65. The van der Waals surface area contributed by atoms with Gasteiger partial charge in [-0.25, -0.2) is 0 Å². The van der Waals surface area contributed by atoms with Gasteiger partial charge >= 0.3 is 0 Å². The molecule has 0 fully saturated rings. The molecular formula is C20H22O4. The summed E-state index contributed by atoms with van der Waals surface area (Å²) < 4.78 is 16.1. The molecular weight excluding hydrogens is 304 g/mol. The fraction of sp³-hybridized carbons (Fsp3) is 0.350. The summed E-state index contributed by atoms with van der Waals surface area (Å²) in [6, 6.07) is 11.3. The second-order valence-corrected chi connectivity index (χ2v) is 5.92.